The van der Waals surface area contributed by atoms with Gasteiger partial charge in [0.2, 0.25) is 0 Å². The van der Waals surface area contributed by atoms with Crippen LogP contribution in [0.4, 0.5) is 5.69 Å². The van der Waals surface area contributed by atoms with E-state index >= 15 is 0 Å². The highest BCUT2D eigenvalue weighted by Crippen LogP contribution is 2.28. The van der Waals surface area contributed by atoms with Crippen LogP contribution in [0.5, 0.6) is 0 Å². The Kier molecular flexibility index (Phi) is 3.57. The van der Waals surface area contributed by atoms with Crippen LogP contribution < -0.4 is 5.32 Å². The quantitative estimate of drug-likeness (QED) is 0.877. The van der Waals surface area contributed by atoms with E-state index in [1.165, 1.54) is 5.56 Å². The van der Waals surface area contributed by atoms with Crippen molar-refractivity contribution in [1.82, 2.24) is 0 Å². The lowest BCUT2D eigenvalue weighted by molar-refractivity contribution is 0.500. The van der Waals surface area contributed by atoms with Crippen molar-refractivity contribution in [3.63, 3.8) is 0 Å². The molecular weight excluding hydrogens is 278 g/mol. The third-order valence-electron chi connectivity index (χ3n) is 2.79. The molecule has 0 amide bonds. The number of halogens is 1. The Balaban J connectivity index is 2.20. The minimum absolute atomic E-state index is 0.228. The first kappa shape index (κ1) is 12.2. The van der Waals surface area contributed by atoms with Gasteiger partial charge in [0.05, 0.1) is 6.04 Å². The number of furan rings is 1. The molecule has 90 valence electrons. The van der Waals surface area contributed by atoms with Crippen molar-refractivity contribution >= 4 is 21.6 Å². The Morgan fingerprint density at radius 1 is 1.24 bits per heavy atom. The smallest absolute Gasteiger partial charge is 0.106 e. The third-order valence-corrected chi connectivity index (χ3v) is 3.48. The first-order valence-electron chi connectivity index (χ1n) is 5.66. The Bertz CT molecular complexity index is 519. The molecule has 0 saturated carbocycles. The van der Waals surface area contributed by atoms with Crippen molar-refractivity contribution in [3.05, 3.63) is 51.9 Å². The van der Waals surface area contributed by atoms with Crippen LogP contribution in [0.2, 0.25) is 0 Å². The number of para-hydroxylation sites is 1. The molecular formula is C14H16BrNO. The standard InChI is InChI=1S/C14H16BrNO/c1-9-8-12(11(3)17-9)10(2)16-14-7-5-4-6-13(14)15/h4-8,10,16H,1-3H3. The molecule has 0 spiro atoms. The molecule has 0 saturated heterocycles. The largest absolute Gasteiger partial charge is 0.466 e. The molecule has 1 aromatic carbocycles. The van der Waals surface area contributed by atoms with Gasteiger partial charge in [0.1, 0.15) is 11.5 Å². The number of benzene rings is 1. The van der Waals surface area contributed by atoms with Crippen molar-refractivity contribution in [2.75, 3.05) is 5.32 Å². The third kappa shape index (κ3) is 2.72. The molecule has 1 unspecified atom stereocenters. The van der Waals surface area contributed by atoms with Gasteiger partial charge in [-0.05, 0) is 54.9 Å². The summed E-state index contributed by atoms with van der Waals surface area (Å²) in [5.74, 6) is 1.94. The molecule has 0 aliphatic heterocycles. The number of rotatable bonds is 3. The summed E-state index contributed by atoms with van der Waals surface area (Å²) in [4.78, 5) is 0. The molecule has 17 heavy (non-hydrogen) atoms. The summed E-state index contributed by atoms with van der Waals surface area (Å²) < 4.78 is 6.63. The summed E-state index contributed by atoms with van der Waals surface area (Å²) in [6.07, 6.45) is 0. The van der Waals surface area contributed by atoms with Crippen LogP contribution in [0.15, 0.2) is 39.2 Å². The zero-order chi connectivity index (χ0) is 12.4. The van der Waals surface area contributed by atoms with Crippen LogP contribution in [0.1, 0.15) is 30.0 Å². The summed E-state index contributed by atoms with van der Waals surface area (Å²) in [5, 5.41) is 3.47. The molecule has 2 aromatic rings. The second-order valence-electron chi connectivity index (χ2n) is 4.21. The van der Waals surface area contributed by atoms with Gasteiger partial charge in [0.15, 0.2) is 0 Å². The Morgan fingerprint density at radius 3 is 2.53 bits per heavy atom. The molecule has 0 fully saturated rings. The van der Waals surface area contributed by atoms with E-state index in [1.807, 2.05) is 32.0 Å². The molecule has 1 heterocycles. The fourth-order valence-electron chi connectivity index (χ4n) is 1.97. The zero-order valence-corrected chi connectivity index (χ0v) is 11.8. The van der Waals surface area contributed by atoms with Gasteiger partial charge < -0.3 is 9.73 Å². The molecule has 0 aliphatic carbocycles. The SMILES string of the molecule is Cc1cc(C(C)Nc2ccccc2Br)c(C)o1. The normalized spacial score (nSPS) is 12.5. The summed E-state index contributed by atoms with van der Waals surface area (Å²) >= 11 is 3.54. The minimum atomic E-state index is 0.228. The van der Waals surface area contributed by atoms with Gasteiger partial charge in [-0.2, -0.15) is 0 Å². The summed E-state index contributed by atoms with van der Waals surface area (Å²) in [6, 6.07) is 10.4. The average Bonchev–Trinajstić information content (AvgIpc) is 2.61. The highest BCUT2D eigenvalue weighted by molar-refractivity contribution is 9.10. The number of hydrogen-bond acceptors (Lipinski definition) is 2. The highest BCUT2D eigenvalue weighted by atomic mass is 79.9. The average molecular weight is 294 g/mol. The van der Waals surface area contributed by atoms with Gasteiger partial charge in [-0.1, -0.05) is 12.1 Å². The molecule has 1 aromatic heterocycles. The van der Waals surface area contributed by atoms with Gasteiger partial charge in [-0.3, -0.25) is 0 Å². The number of aryl methyl sites for hydroxylation is 2. The predicted molar refractivity (Wildman–Crippen MR) is 74.4 cm³/mol. The predicted octanol–water partition coefficient (Wildman–Crippen LogP) is 4.83. The molecule has 2 nitrogen and oxygen atoms in total. The lowest BCUT2D eigenvalue weighted by Crippen LogP contribution is -2.07. The van der Waals surface area contributed by atoms with E-state index in [1.54, 1.807) is 0 Å². The van der Waals surface area contributed by atoms with E-state index in [0.29, 0.717) is 0 Å². The van der Waals surface area contributed by atoms with Gasteiger partial charge in [-0.25, -0.2) is 0 Å². The summed E-state index contributed by atoms with van der Waals surface area (Å²) in [6.45, 7) is 6.11. The second-order valence-corrected chi connectivity index (χ2v) is 5.07. The summed E-state index contributed by atoms with van der Waals surface area (Å²) in [5.41, 5.74) is 2.30. The molecule has 1 N–H and O–H groups in total. The van der Waals surface area contributed by atoms with Crippen LogP contribution in [-0.4, -0.2) is 0 Å². The van der Waals surface area contributed by atoms with Gasteiger partial charge in [0.25, 0.3) is 0 Å². The Labute approximate surface area is 110 Å². The van der Waals surface area contributed by atoms with E-state index in [-0.39, 0.29) is 6.04 Å². The van der Waals surface area contributed by atoms with Crippen molar-refractivity contribution in [1.29, 1.82) is 0 Å². The first-order chi connectivity index (χ1) is 8.08. The molecule has 3 heteroatoms. The van der Waals surface area contributed by atoms with Crippen molar-refractivity contribution < 1.29 is 4.42 Å². The van der Waals surface area contributed by atoms with Crippen LogP contribution >= 0.6 is 15.9 Å². The van der Waals surface area contributed by atoms with Gasteiger partial charge in [-0.15, -0.1) is 0 Å². The maximum absolute atomic E-state index is 5.55. The van der Waals surface area contributed by atoms with Crippen molar-refractivity contribution in [3.8, 4) is 0 Å². The van der Waals surface area contributed by atoms with Crippen molar-refractivity contribution in [2.24, 2.45) is 0 Å². The van der Waals surface area contributed by atoms with E-state index in [2.05, 4.69) is 40.3 Å². The molecule has 0 aliphatic rings. The van der Waals surface area contributed by atoms with E-state index < -0.39 is 0 Å². The monoisotopic (exact) mass is 293 g/mol. The van der Waals surface area contributed by atoms with Crippen molar-refractivity contribution in [2.45, 2.75) is 26.8 Å². The van der Waals surface area contributed by atoms with Crippen LogP contribution in [-0.2, 0) is 0 Å². The van der Waals surface area contributed by atoms with E-state index in [4.69, 9.17) is 4.42 Å². The Hall–Kier alpha value is -1.22. The molecule has 0 radical (unpaired) electrons. The Morgan fingerprint density at radius 2 is 1.94 bits per heavy atom. The summed E-state index contributed by atoms with van der Waals surface area (Å²) in [7, 11) is 0. The minimum Gasteiger partial charge on any atom is -0.466 e. The number of anilines is 1. The first-order valence-corrected chi connectivity index (χ1v) is 6.45. The van der Waals surface area contributed by atoms with Crippen LogP contribution in [0, 0.1) is 13.8 Å². The molecule has 1 atom stereocenters. The molecule has 2 rings (SSSR count). The maximum atomic E-state index is 5.55. The zero-order valence-electron chi connectivity index (χ0n) is 10.3. The fourth-order valence-corrected chi connectivity index (χ4v) is 2.37. The lowest BCUT2D eigenvalue weighted by atomic mass is 10.1. The maximum Gasteiger partial charge on any atom is 0.106 e. The second kappa shape index (κ2) is 4.96. The number of nitrogens with one attached hydrogen (secondary N) is 1. The van der Waals surface area contributed by atoms with E-state index in [0.717, 1.165) is 21.7 Å². The fraction of sp³-hybridized carbons (Fsp3) is 0.286. The van der Waals surface area contributed by atoms with E-state index in [9.17, 15) is 0 Å². The number of hydrogen-bond donors (Lipinski definition) is 1. The van der Waals surface area contributed by atoms with Gasteiger partial charge in [0, 0.05) is 15.7 Å². The topological polar surface area (TPSA) is 25.2 Å². The van der Waals surface area contributed by atoms with Crippen LogP contribution in [0.25, 0.3) is 0 Å². The lowest BCUT2D eigenvalue weighted by Gasteiger charge is -2.15. The van der Waals surface area contributed by atoms with Gasteiger partial charge >= 0.3 is 0 Å². The van der Waals surface area contributed by atoms with Crippen LogP contribution in [0.3, 0.4) is 0 Å². The highest BCUT2D eigenvalue weighted by Gasteiger charge is 2.13. The molecule has 0 bridgehead atoms.